The average molecular weight is 393 g/mol. The maximum atomic E-state index is 13.6. The number of hydrogen-bond acceptors (Lipinski definition) is 2. The van der Waals surface area contributed by atoms with Gasteiger partial charge in [-0.2, -0.15) is 0 Å². The van der Waals surface area contributed by atoms with Gasteiger partial charge < -0.3 is 4.57 Å². The highest BCUT2D eigenvalue weighted by molar-refractivity contribution is 7.90. The first-order valence-corrected chi connectivity index (χ1v) is 10.7. The minimum atomic E-state index is -3.54. The van der Waals surface area contributed by atoms with Gasteiger partial charge in [0.1, 0.15) is 5.82 Å². The second kappa shape index (κ2) is 7.24. The minimum absolute atomic E-state index is 0.0480. The highest BCUT2D eigenvalue weighted by atomic mass is 32.2. The number of aromatic nitrogens is 1. The van der Waals surface area contributed by atoms with E-state index in [4.69, 9.17) is 0 Å². The maximum Gasteiger partial charge on any atom is 0.184 e. The number of benzene rings is 3. The van der Waals surface area contributed by atoms with Crippen LogP contribution in [0, 0.1) is 12.7 Å². The molecule has 0 aliphatic rings. The number of aryl methyl sites for hydroxylation is 1. The Hall–Kier alpha value is -2.92. The summed E-state index contributed by atoms with van der Waals surface area (Å²) in [6.45, 7) is 2.32. The summed E-state index contributed by atoms with van der Waals surface area (Å²) in [5.41, 5.74) is 3.35. The molecule has 3 nitrogen and oxygen atoms in total. The predicted octanol–water partition coefficient (Wildman–Crippen LogP) is 5.11. The van der Waals surface area contributed by atoms with E-state index in [1.165, 1.54) is 12.1 Å². The fraction of sp³-hybridized carbons (Fsp3) is 0.130. The van der Waals surface area contributed by atoms with Crippen molar-refractivity contribution >= 4 is 20.7 Å². The van der Waals surface area contributed by atoms with Crippen LogP contribution in [0.4, 0.5) is 4.39 Å². The number of rotatable bonds is 5. The van der Waals surface area contributed by atoms with Crippen LogP contribution in [0.15, 0.2) is 83.9 Å². The minimum Gasteiger partial charge on any atom is -0.342 e. The third-order valence-electron chi connectivity index (χ3n) is 4.94. The van der Waals surface area contributed by atoms with Crippen LogP contribution in [0.25, 0.3) is 10.9 Å². The van der Waals surface area contributed by atoms with Gasteiger partial charge in [0.15, 0.2) is 9.84 Å². The Morgan fingerprint density at radius 1 is 0.929 bits per heavy atom. The second-order valence-corrected chi connectivity index (χ2v) is 8.91. The van der Waals surface area contributed by atoms with Crippen molar-refractivity contribution in [3.63, 3.8) is 0 Å². The molecule has 142 valence electrons. The smallest absolute Gasteiger partial charge is 0.184 e. The van der Waals surface area contributed by atoms with Gasteiger partial charge in [0.05, 0.1) is 10.6 Å². The molecule has 28 heavy (non-hydrogen) atoms. The van der Waals surface area contributed by atoms with E-state index in [0.29, 0.717) is 16.8 Å². The molecule has 0 aliphatic heterocycles. The maximum absolute atomic E-state index is 13.6. The zero-order valence-electron chi connectivity index (χ0n) is 15.5. The molecular formula is C23H20FNO2S. The molecule has 0 N–H and O–H groups in total. The van der Waals surface area contributed by atoms with Crippen molar-refractivity contribution < 1.29 is 12.8 Å². The van der Waals surface area contributed by atoms with E-state index in [-0.39, 0.29) is 11.6 Å². The highest BCUT2D eigenvalue weighted by Gasteiger charge is 2.22. The lowest BCUT2D eigenvalue weighted by molar-refractivity contribution is 0.595. The molecule has 0 aliphatic carbocycles. The van der Waals surface area contributed by atoms with E-state index >= 15 is 0 Å². The monoisotopic (exact) mass is 393 g/mol. The molecule has 0 spiro atoms. The second-order valence-electron chi connectivity index (χ2n) is 6.95. The van der Waals surface area contributed by atoms with E-state index < -0.39 is 9.84 Å². The molecular weight excluding hydrogens is 373 g/mol. The van der Waals surface area contributed by atoms with E-state index in [9.17, 15) is 12.8 Å². The number of sulfone groups is 1. The van der Waals surface area contributed by atoms with Crippen molar-refractivity contribution in [2.24, 2.45) is 0 Å². The molecule has 0 fully saturated rings. The summed E-state index contributed by atoms with van der Waals surface area (Å²) in [6, 6.07) is 21.3. The molecule has 4 rings (SSSR count). The van der Waals surface area contributed by atoms with Crippen LogP contribution in [-0.4, -0.2) is 13.0 Å². The Balaban J connectivity index is 1.78. The Morgan fingerprint density at radius 3 is 2.46 bits per heavy atom. The van der Waals surface area contributed by atoms with Crippen molar-refractivity contribution in [1.82, 2.24) is 4.57 Å². The van der Waals surface area contributed by atoms with Gasteiger partial charge in [0.2, 0.25) is 0 Å². The van der Waals surface area contributed by atoms with Crippen LogP contribution in [0.1, 0.15) is 16.7 Å². The van der Waals surface area contributed by atoms with Gasteiger partial charge in [-0.15, -0.1) is 0 Å². The summed E-state index contributed by atoms with van der Waals surface area (Å²) in [6.07, 6.45) is 1.67. The molecule has 4 aromatic rings. The number of hydrogen-bond donors (Lipinski definition) is 0. The quantitative estimate of drug-likeness (QED) is 0.473. The fourth-order valence-electron chi connectivity index (χ4n) is 3.48. The lowest BCUT2D eigenvalue weighted by atomic mass is 10.1. The number of nitrogens with zero attached hydrogens (tertiary/aromatic N) is 1. The summed E-state index contributed by atoms with van der Waals surface area (Å²) in [4.78, 5) is 0.308. The molecule has 1 heterocycles. The van der Waals surface area contributed by atoms with Gasteiger partial charge in [-0.3, -0.25) is 0 Å². The Morgan fingerprint density at radius 2 is 1.68 bits per heavy atom. The van der Waals surface area contributed by atoms with Crippen LogP contribution < -0.4 is 0 Å². The molecule has 0 unspecified atom stereocenters. The first kappa shape index (κ1) is 18.4. The largest absolute Gasteiger partial charge is 0.342 e. The van der Waals surface area contributed by atoms with Gasteiger partial charge >= 0.3 is 0 Å². The molecule has 0 saturated carbocycles. The standard InChI is InChI=1S/C23H20FNO2S/c1-17-7-2-3-9-19(17)16-28(26,27)23-15-25(22-12-5-4-11-21(22)23)14-18-8-6-10-20(24)13-18/h2-13,15H,14,16H2,1H3. The topological polar surface area (TPSA) is 39.1 Å². The lowest BCUT2D eigenvalue weighted by Crippen LogP contribution is -2.06. The Kier molecular flexibility index (Phi) is 4.77. The van der Waals surface area contributed by atoms with Crippen LogP contribution in [0.3, 0.4) is 0 Å². The van der Waals surface area contributed by atoms with Crippen molar-refractivity contribution in [3.8, 4) is 0 Å². The van der Waals surface area contributed by atoms with Gasteiger partial charge in [0.25, 0.3) is 0 Å². The summed E-state index contributed by atoms with van der Waals surface area (Å²) in [5, 5.41) is 0.687. The lowest BCUT2D eigenvalue weighted by Gasteiger charge is -2.06. The molecule has 1 aromatic heterocycles. The molecule has 0 saturated heterocycles. The van der Waals surface area contributed by atoms with E-state index in [1.54, 1.807) is 12.3 Å². The molecule has 0 amide bonds. The summed E-state index contributed by atoms with van der Waals surface area (Å²) < 4.78 is 41.9. The van der Waals surface area contributed by atoms with Gasteiger partial charge in [-0.05, 0) is 41.8 Å². The van der Waals surface area contributed by atoms with Crippen molar-refractivity contribution in [3.05, 3.63) is 102 Å². The van der Waals surface area contributed by atoms with Crippen LogP contribution >= 0.6 is 0 Å². The van der Waals surface area contributed by atoms with Gasteiger partial charge in [-0.1, -0.05) is 54.6 Å². The van der Waals surface area contributed by atoms with E-state index in [0.717, 1.165) is 22.2 Å². The van der Waals surface area contributed by atoms with E-state index in [2.05, 4.69) is 0 Å². The summed E-state index contributed by atoms with van der Waals surface area (Å²) in [5.74, 6) is -0.352. The van der Waals surface area contributed by atoms with E-state index in [1.807, 2.05) is 66.1 Å². The third-order valence-corrected chi connectivity index (χ3v) is 6.62. The Bertz CT molecular complexity index is 1260. The Labute approximate surface area is 164 Å². The zero-order chi connectivity index (χ0) is 19.7. The normalized spacial score (nSPS) is 11.8. The van der Waals surface area contributed by atoms with Crippen molar-refractivity contribution in [2.75, 3.05) is 0 Å². The van der Waals surface area contributed by atoms with Gasteiger partial charge in [0, 0.05) is 23.6 Å². The first-order valence-electron chi connectivity index (χ1n) is 9.03. The van der Waals surface area contributed by atoms with Crippen molar-refractivity contribution in [2.45, 2.75) is 24.1 Å². The number of halogens is 1. The molecule has 3 aromatic carbocycles. The van der Waals surface area contributed by atoms with Crippen molar-refractivity contribution in [1.29, 1.82) is 0 Å². The van der Waals surface area contributed by atoms with Crippen LogP contribution in [-0.2, 0) is 22.1 Å². The van der Waals surface area contributed by atoms with Crippen LogP contribution in [0.2, 0.25) is 0 Å². The first-order chi connectivity index (χ1) is 13.4. The highest BCUT2D eigenvalue weighted by Crippen LogP contribution is 2.29. The zero-order valence-corrected chi connectivity index (χ0v) is 16.3. The summed E-state index contributed by atoms with van der Waals surface area (Å²) in [7, 11) is -3.54. The summed E-state index contributed by atoms with van der Waals surface area (Å²) >= 11 is 0. The van der Waals surface area contributed by atoms with Gasteiger partial charge in [-0.25, -0.2) is 12.8 Å². The molecule has 5 heteroatoms. The SMILES string of the molecule is Cc1ccccc1CS(=O)(=O)c1cn(Cc2cccc(F)c2)c2ccccc12. The number of fused-ring (bicyclic) bond motifs is 1. The number of para-hydroxylation sites is 1. The fourth-order valence-corrected chi connectivity index (χ4v) is 5.16. The molecule has 0 atom stereocenters. The third kappa shape index (κ3) is 3.58. The van der Waals surface area contributed by atoms with Crippen LogP contribution in [0.5, 0.6) is 0 Å². The average Bonchev–Trinajstić information content (AvgIpc) is 3.03. The predicted molar refractivity (Wildman–Crippen MR) is 110 cm³/mol. The molecule has 0 bridgehead atoms. The molecule has 0 radical (unpaired) electrons.